The highest BCUT2D eigenvalue weighted by atomic mass is 79.9. The van der Waals surface area contributed by atoms with Crippen molar-refractivity contribution in [1.29, 1.82) is 0 Å². The summed E-state index contributed by atoms with van der Waals surface area (Å²) in [6, 6.07) is 4.63. The van der Waals surface area contributed by atoms with Gasteiger partial charge in [0.05, 0.1) is 24.5 Å². The Morgan fingerprint density at radius 1 is 1.37 bits per heavy atom. The molecule has 0 atom stereocenters. The van der Waals surface area contributed by atoms with E-state index < -0.39 is 12.1 Å². The maximum atomic E-state index is 11.5. The van der Waals surface area contributed by atoms with Crippen molar-refractivity contribution >= 4 is 33.7 Å². The molecule has 7 heteroatoms. The van der Waals surface area contributed by atoms with Crippen LogP contribution < -0.4 is 5.32 Å². The standard InChI is InChI=1S/C12H14BrNO5/c1-2-18-11(16)8-3-4-10(9(13)7-8)14-12(17)19-6-5-15/h3-4,7,15H,2,5-6H2,1H3,(H,14,17). The van der Waals surface area contributed by atoms with Gasteiger partial charge in [0.1, 0.15) is 6.61 Å². The zero-order valence-electron chi connectivity index (χ0n) is 10.3. The van der Waals surface area contributed by atoms with Gasteiger partial charge in [-0.25, -0.2) is 9.59 Å². The molecule has 0 saturated carbocycles. The molecule has 0 aliphatic carbocycles. The smallest absolute Gasteiger partial charge is 0.411 e. The number of hydrogen-bond donors (Lipinski definition) is 2. The first-order valence-corrected chi connectivity index (χ1v) is 6.39. The topological polar surface area (TPSA) is 84.9 Å². The Morgan fingerprint density at radius 2 is 2.11 bits per heavy atom. The number of rotatable bonds is 5. The van der Waals surface area contributed by atoms with Crippen molar-refractivity contribution in [1.82, 2.24) is 0 Å². The highest BCUT2D eigenvalue weighted by Gasteiger charge is 2.11. The highest BCUT2D eigenvalue weighted by Crippen LogP contribution is 2.24. The second-order valence-corrected chi connectivity index (χ2v) is 4.25. The van der Waals surface area contributed by atoms with Crippen molar-refractivity contribution in [3.8, 4) is 0 Å². The van der Waals surface area contributed by atoms with E-state index in [9.17, 15) is 9.59 Å². The molecule has 104 valence electrons. The lowest BCUT2D eigenvalue weighted by Gasteiger charge is -2.09. The number of aliphatic hydroxyl groups is 1. The van der Waals surface area contributed by atoms with Gasteiger partial charge < -0.3 is 14.6 Å². The van der Waals surface area contributed by atoms with Crippen LogP contribution in [0.4, 0.5) is 10.5 Å². The number of halogens is 1. The fourth-order valence-electron chi connectivity index (χ4n) is 1.24. The van der Waals surface area contributed by atoms with Crippen LogP contribution in [-0.4, -0.2) is 37.0 Å². The molecule has 0 aromatic heterocycles. The van der Waals surface area contributed by atoms with Gasteiger partial charge in [-0.2, -0.15) is 0 Å². The molecule has 19 heavy (non-hydrogen) atoms. The highest BCUT2D eigenvalue weighted by molar-refractivity contribution is 9.10. The van der Waals surface area contributed by atoms with Crippen LogP contribution in [0, 0.1) is 0 Å². The van der Waals surface area contributed by atoms with Crippen LogP contribution in [0.5, 0.6) is 0 Å². The third-order valence-electron chi connectivity index (χ3n) is 2.04. The summed E-state index contributed by atoms with van der Waals surface area (Å²) in [5, 5.41) is 11.0. The van der Waals surface area contributed by atoms with Gasteiger partial charge in [-0.15, -0.1) is 0 Å². The molecule has 6 nitrogen and oxygen atoms in total. The molecule has 0 bridgehead atoms. The Kier molecular flexibility index (Phi) is 6.31. The minimum Gasteiger partial charge on any atom is -0.462 e. The van der Waals surface area contributed by atoms with Crippen LogP contribution in [0.2, 0.25) is 0 Å². The minimum atomic E-state index is -0.682. The number of hydrogen-bond acceptors (Lipinski definition) is 5. The van der Waals surface area contributed by atoms with Crippen LogP contribution in [0.3, 0.4) is 0 Å². The zero-order chi connectivity index (χ0) is 14.3. The van der Waals surface area contributed by atoms with Crippen LogP contribution >= 0.6 is 15.9 Å². The second kappa shape index (κ2) is 7.75. The number of carbonyl (C=O) groups is 2. The van der Waals surface area contributed by atoms with Gasteiger partial charge in [-0.05, 0) is 41.1 Å². The summed E-state index contributed by atoms with van der Waals surface area (Å²) in [5.41, 5.74) is 0.832. The predicted octanol–water partition coefficient (Wildman–Crippen LogP) is 2.17. The van der Waals surface area contributed by atoms with Gasteiger partial charge in [0, 0.05) is 4.47 Å². The lowest BCUT2D eigenvalue weighted by molar-refractivity contribution is 0.0526. The Labute approximate surface area is 118 Å². The first-order chi connectivity index (χ1) is 9.08. The Morgan fingerprint density at radius 3 is 2.68 bits per heavy atom. The summed E-state index contributed by atoms with van der Waals surface area (Å²) in [4.78, 5) is 22.8. The van der Waals surface area contributed by atoms with Crippen LogP contribution in [0.1, 0.15) is 17.3 Å². The molecular weight excluding hydrogens is 318 g/mol. The van der Waals surface area contributed by atoms with Crippen molar-refractivity contribution in [3.63, 3.8) is 0 Å². The molecule has 0 saturated heterocycles. The summed E-state index contributed by atoms with van der Waals surface area (Å²) in [6.07, 6.45) is -0.682. The lowest BCUT2D eigenvalue weighted by Crippen LogP contribution is -2.16. The van der Waals surface area contributed by atoms with Gasteiger partial charge in [0.2, 0.25) is 0 Å². The van der Waals surface area contributed by atoms with Crippen molar-refractivity contribution in [2.24, 2.45) is 0 Å². The fraction of sp³-hybridized carbons (Fsp3) is 0.333. The van der Waals surface area contributed by atoms with Crippen molar-refractivity contribution in [3.05, 3.63) is 28.2 Å². The molecule has 0 unspecified atom stereocenters. The number of anilines is 1. The maximum Gasteiger partial charge on any atom is 0.411 e. The SMILES string of the molecule is CCOC(=O)c1ccc(NC(=O)OCCO)c(Br)c1. The van der Waals surface area contributed by atoms with E-state index in [1.54, 1.807) is 19.1 Å². The summed E-state index contributed by atoms with van der Waals surface area (Å²) in [7, 11) is 0. The Bertz CT molecular complexity index is 463. The third-order valence-corrected chi connectivity index (χ3v) is 2.70. The van der Waals surface area contributed by atoms with Gasteiger partial charge in [-0.3, -0.25) is 5.32 Å². The molecule has 1 rings (SSSR count). The Balaban J connectivity index is 2.72. The second-order valence-electron chi connectivity index (χ2n) is 3.40. The first-order valence-electron chi connectivity index (χ1n) is 5.59. The van der Waals surface area contributed by atoms with Crippen molar-refractivity contribution in [2.75, 3.05) is 25.1 Å². The summed E-state index contributed by atoms with van der Waals surface area (Å²) >= 11 is 3.24. The fourth-order valence-corrected chi connectivity index (χ4v) is 1.72. The van der Waals surface area contributed by atoms with Gasteiger partial charge in [-0.1, -0.05) is 0 Å². The van der Waals surface area contributed by atoms with E-state index in [4.69, 9.17) is 9.84 Å². The van der Waals surface area contributed by atoms with E-state index in [2.05, 4.69) is 26.0 Å². The van der Waals surface area contributed by atoms with Crippen LogP contribution in [0.15, 0.2) is 22.7 Å². The number of ether oxygens (including phenoxy) is 2. The zero-order valence-corrected chi connectivity index (χ0v) is 11.9. The van der Waals surface area contributed by atoms with Gasteiger partial charge >= 0.3 is 12.1 Å². The molecule has 0 aliphatic heterocycles. The van der Waals surface area contributed by atoms with E-state index in [0.29, 0.717) is 22.3 Å². The number of benzene rings is 1. The molecule has 0 fully saturated rings. The summed E-state index contributed by atoms with van der Waals surface area (Å²) in [5.74, 6) is -0.433. The van der Waals surface area contributed by atoms with Crippen molar-refractivity contribution in [2.45, 2.75) is 6.92 Å². The average molecular weight is 332 g/mol. The quantitative estimate of drug-likeness (QED) is 0.807. The minimum absolute atomic E-state index is 0.0790. The summed E-state index contributed by atoms with van der Waals surface area (Å²) < 4.78 is 10.0. The maximum absolute atomic E-state index is 11.5. The Hall–Kier alpha value is -1.60. The molecule has 0 aliphatic rings. The van der Waals surface area contributed by atoms with E-state index in [1.807, 2.05) is 0 Å². The van der Waals surface area contributed by atoms with Gasteiger partial charge in [0.25, 0.3) is 0 Å². The largest absolute Gasteiger partial charge is 0.462 e. The molecular formula is C12H14BrNO5. The molecule has 0 spiro atoms. The van der Waals surface area contributed by atoms with Crippen molar-refractivity contribution < 1.29 is 24.2 Å². The molecule has 2 N–H and O–H groups in total. The van der Waals surface area contributed by atoms with E-state index >= 15 is 0 Å². The molecule has 0 heterocycles. The molecule has 1 amide bonds. The monoisotopic (exact) mass is 331 g/mol. The van der Waals surface area contributed by atoms with Crippen LogP contribution in [-0.2, 0) is 9.47 Å². The first kappa shape index (κ1) is 15.5. The lowest BCUT2D eigenvalue weighted by atomic mass is 10.2. The number of esters is 1. The molecule has 1 aromatic rings. The van der Waals surface area contributed by atoms with Gasteiger partial charge in [0.15, 0.2) is 0 Å². The van der Waals surface area contributed by atoms with E-state index in [-0.39, 0.29) is 13.2 Å². The number of carbonyl (C=O) groups excluding carboxylic acids is 2. The number of nitrogens with one attached hydrogen (secondary N) is 1. The number of amides is 1. The third kappa shape index (κ3) is 4.88. The number of aliphatic hydroxyl groups excluding tert-OH is 1. The average Bonchev–Trinajstić information content (AvgIpc) is 2.39. The predicted molar refractivity (Wildman–Crippen MR) is 72.2 cm³/mol. The van der Waals surface area contributed by atoms with E-state index in [0.717, 1.165) is 0 Å². The molecule has 1 aromatic carbocycles. The molecule has 0 radical (unpaired) electrons. The van der Waals surface area contributed by atoms with E-state index in [1.165, 1.54) is 6.07 Å². The summed E-state index contributed by atoms with van der Waals surface area (Å²) in [6.45, 7) is 1.70. The van der Waals surface area contributed by atoms with Crippen LogP contribution in [0.25, 0.3) is 0 Å². The normalized spacial score (nSPS) is 9.84.